The monoisotopic (exact) mass is 529 g/mol. The van der Waals surface area contributed by atoms with Gasteiger partial charge < -0.3 is 19.5 Å². The molecular weight excluding hydrogens is 502 g/mol. The van der Waals surface area contributed by atoms with Crippen molar-refractivity contribution in [1.82, 2.24) is 20.1 Å². The first-order valence-corrected chi connectivity index (χ1v) is 12.9. The van der Waals surface area contributed by atoms with Crippen LogP contribution in [0.1, 0.15) is 17.7 Å². The number of halogens is 1. The Morgan fingerprint density at radius 3 is 2.32 bits per heavy atom. The zero-order valence-corrected chi connectivity index (χ0v) is 21.6. The highest BCUT2D eigenvalue weighted by atomic mass is 35.5. The number of ether oxygens (including phenoxy) is 1. The standard InChI is InChI=1S/C29H28ClN5O3/c30-25-9-5-4-6-22(25)20-38-24-12-10-21(11-13-24)28-31-29(37)26(32-33-28)14-15-27(36)35-18-16-34(17-19-35)23-7-2-1-3-8-23/h1-13H,14-20H2,(H,31,33,37). The molecular formula is C29H28ClN5O3. The first-order valence-electron chi connectivity index (χ1n) is 12.6. The molecule has 8 nitrogen and oxygen atoms in total. The highest BCUT2D eigenvalue weighted by Gasteiger charge is 2.21. The molecule has 0 aliphatic carbocycles. The number of aryl methyl sites for hydroxylation is 1. The summed E-state index contributed by atoms with van der Waals surface area (Å²) in [6.45, 7) is 3.24. The van der Waals surface area contributed by atoms with E-state index in [0.29, 0.717) is 41.9 Å². The smallest absolute Gasteiger partial charge is 0.273 e. The molecule has 1 aromatic heterocycles. The van der Waals surface area contributed by atoms with E-state index in [1.54, 1.807) is 24.3 Å². The number of hydrogen-bond acceptors (Lipinski definition) is 6. The van der Waals surface area contributed by atoms with E-state index in [1.807, 2.05) is 47.4 Å². The minimum absolute atomic E-state index is 0.0235. The predicted molar refractivity (Wildman–Crippen MR) is 147 cm³/mol. The summed E-state index contributed by atoms with van der Waals surface area (Å²) < 4.78 is 5.81. The molecule has 1 amide bonds. The predicted octanol–water partition coefficient (Wildman–Crippen LogP) is 4.35. The first kappa shape index (κ1) is 25.5. The Kier molecular flexibility index (Phi) is 7.99. The number of para-hydroxylation sites is 1. The molecule has 194 valence electrons. The van der Waals surface area contributed by atoms with Crippen LogP contribution in [0.15, 0.2) is 83.7 Å². The average molecular weight is 530 g/mol. The van der Waals surface area contributed by atoms with Gasteiger partial charge in [0.25, 0.3) is 5.56 Å². The molecule has 0 atom stereocenters. The van der Waals surface area contributed by atoms with Crippen molar-refractivity contribution in [1.29, 1.82) is 0 Å². The Morgan fingerprint density at radius 1 is 0.895 bits per heavy atom. The van der Waals surface area contributed by atoms with Gasteiger partial charge in [0.15, 0.2) is 5.82 Å². The van der Waals surface area contributed by atoms with Gasteiger partial charge in [0.1, 0.15) is 18.1 Å². The number of amides is 1. The number of carbonyl (C=O) groups is 1. The van der Waals surface area contributed by atoms with Crippen molar-refractivity contribution in [2.24, 2.45) is 0 Å². The van der Waals surface area contributed by atoms with E-state index in [1.165, 1.54) is 5.69 Å². The van der Waals surface area contributed by atoms with Gasteiger partial charge >= 0.3 is 0 Å². The summed E-state index contributed by atoms with van der Waals surface area (Å²) in [5.41, 5.74) is 2.69. The lowest BCUT2D eigenvalue weighted by Crippen LogP contribution is -2.48. The Morgan fingerprint density at radius 2 is 1.61 bits per heavy atom. The van der Waals surface area contributed by atoms with Gasteiger partial charge in [0.2, 0.25) is 5.91 Å². The molecule has 0 radical (unpaired) electrons. The number of aromatic amines is 1. The van der Waals surface area contributed by atoms with Gasteiger partial charge in [-0.1, -0.05) is 48.0 Å². The Hall–Kier alpha value is -4.17. The second-order valence-electron chi connectivity index (χ2n) is 9.06. The summed E-state index contributed by atoms with van der Waals surface area (Å²) in [7, 11) is 0. The van der Waals surface area contributed by atoms with Crippen molar-refractivity contribution in [2.75, 3.05) is 31.1 Å². The van der Waals surface area contributed by atoms with Gasteiger partial charge in [-0.2, -0.15) is 0 Å². The molecule has 3 aromatic carbocycles. The van der Waals surface area contributed by atoms with Crippen LogP contribution in [0.5, 0.6) is 5.75 Å². The molecule has 5 rings (SSSR count). The van der Waals surface area contributed by atoms with Crippen LogP contribution in [-0.2, 0) is 17.8 Å². The van der Waals surface area contributed by atoms with E-state index in [2.05, 4.69) is 32.2 Å². The number of benzene rings is 3. The van der Waals surface area contributed by atoms with Gasteiger partial charge in [-0.3, -0.25) is 9.59 Å². The van der Waals surface area contributed by atoms with E-state index in [9.17, 15) is 9.59 Å². The van der Waals surface area contributed by atoms with Crippen molar-refractivity contribution in [2.45, 2.75) is 19.4 Å². The lowest BCUT2D eigenvalue weighted by molar-refractivity contribution is -0.131. The maximum absolute atomic E-state index is 12.7. The number of anilines is 1. The molecule has 0 saturated carbocycles. The van der Waals surface area contributed by atoms with Crippen LogP contribution in [0.3, 0.4) is 0 Å². The Bertz CT molecular complexity index is 1430. The molecule has 9 heteroatoms. The van der Waals surface area contributed by atoms with Crippen LogP contribution < -0.4 is 15.2 Å². The number of H-pyrrole nitrogens is 1. The average Bonchev–Trinajstić information content (AvgIpc) is 2.97. The van der Waals surface area contributed by atoms with Gasteiger partial charge in [0, 0.05) is 60.9 Å². The molecule has 38 heavy (non-hydrogen) atoms. The normalized spacial score (nSPS) is 13.4. The molecule has 1 saturated heterocycles. The van der Waals surface area contributed by atoms with Gasteiger partial charge in [-0.15, -0.1) is 10.2 Å². The third-order valence-corrected chi connectivity index (χ3v) is 6.94. The second kappa shape index (κ2) is 11.9. The quantitative estimate of drug-likeness (QED) is 0.365. The molecule has 2 heterocycles. The van der Waals surface area contributed by atoms with Gasteiger partial charge in [-0.25, -0.2) is 0 Å². The minimum Gasteiger partial charge on any atom is -0.489 e. The maximum Gasteiger partial charge on any atom is 0.273 e. The molecule has 4 aromatic rings. The van der Waals surface area contributed by atoms with Crippen LogP contribution >= 0.6 is 11.6 Å². The van der Waals surface area contributed by atoms with Gasteiger partial charge in [-0.05, 0) is 42.5 Å². The van der Waals surface area contributed by atoms with Crippen LogP contribution in [-0.4, -0.2) is 52.2 Å². The molecule has 0 spiro atoms. The lowest BCUT2D eigenvalue weighted by atomic mass is 10.2. The number of aromatic nitrogens is 3. The van der Waals surface area contributed by atoms with Crippen LogP contribution in [0.2, 0.25) is 5.02 Å². The van der Waals surface area contributed by atoms with E-state index in [0.717, 1.165) is 18.7 Å². The highest BCUT2D eigenvalue weighted by Crippen LogP contribution is 2.21. The molecule has 0 bridgehead atoms. The van der Waals surface area contributed by atoms with Crippen LogP contribution in [0.4, 0.5) is 5.69 Å². The second-order valence-corrected chi connectivity index (χ2v) is 9.46. The summed E-state index contributed by atoms with van der Waals surface area (Å²) in [5.74, 6) is 1.05. The number of piperazine rings is 1. The number of carbonyl (C=O) groups excluding carboxylic acids is 1. The van der Waals surface area contributed by atoms with E-state index in [4.69, 9.17) is 16.3 Å². The van der Waals surface area contributed by atoms with Crippen molar-refractivity contribution >= 4 is 23.2 Å². The topological polar surface area (TPSA) is 91.4 Å². The summed E-state index contributed by atoms with van der Waals surface area (Å²) in [6.07, 6.45) is 0.467. The third-order valence-electron chi connectivity index (χ3n) is 6.57. The maximum atomic E-state index is 12.7. The lowest BCUT2D eigenvalue weighted by Gasteiger charge is -2.36. The van der Waals surface area contributed by atoms with Gasteiger partial charge in [0.05, 0.1) is 0 Å². The fourth-order valence-corrected chi connectivity index (χ4v) is 4.57. The summed E-state index contributed by atoms with van der Waals surface area (Å²) in [5, 5.41) is 8.95. The van der Waals surface area contributed by atoms with E-state index in [-0.39, 0.29) is 30.0 Å². The fourth-order valence-electron chi connectivity index (χ4n) is 4.38. The highest BCUT2D eigenvalue weighted by molar-refractivity contribution is 6.31. The Labute approximate surface area is 225 Å². The minimum atomic E-state index is -0.337. The van der Waals surface area contributed by atoms with Crippen LogP contribution in [0.25, 0.3) is 11.4 Å². The molecule has 0 unspecified atom stereocenters. The SMILES string of the molecule is O=C(CCc1nnc(-c2ccc(OCc3ccccc3Cl)cc2)[nH]c1=O)N1CCN(c2ccccc2)CC1. The van der Waals surface area contributed by atoms with Crippen molar-refractivity contribution in [3.63, 3.8) is 0 Å². The number of rotatable bonds is 8. The molecule has 1 fully saturated rings. The van der Waals surface area contributed by atoms with Crippen LogP contribution in [0, 0.1) is 0 Å². The fraction of sp³-hybridized carbons (Fsp3) is 0.241. The molecule has 1 N–H and O–H groups in total. The summed E-state index contributed by atoms with van der Waals surface area (Å²) in [4.78, 5) is 32.3. The van der Waals surface area contributed by atoms with Crippen molar-refractivity contribution in [3.8, 4) is 17.1 Å². The largest absolute Gasteiger partial charge is 0.489 e. The molecule has 1 aliphatic rings. The summed E-state index contributed by atoms with van der Waals surface area (Å²) >= 11 is 6.18. The summed E-state index contributed by atoms with van der Waals surface area (Å²) in [6, 6.07) is 24.9. The van der Waals surface area contributed by atoms with E-state index >= 15 is 0 Å². The Balaban J connectivity index is 1.13. The van der Waals surface area contributed by atoms with Crippen molar-refractivity contribution in [3.05, 3.63) is 105 Å². The zero-order chi connectivity index (χ0) is 26.3. The zero-order valence-electron chi connectivity index (χ0n) is 20.8. The first-order chi connectivity index (χ1) is 18.6. The van der Waals surface area contributed by atoms with E-state index < -0.39 is 0 Å². The van der Waals surface area contributed by atoms with Crippen molar-refractivity contribution < 1.29 is 9.53 Å². The molecule has 1 aliphatic heterocycles. The number of nitrogens with zero attached hydrogens (tertiary/aromatic N) is 4. The third kappa shape index (κ3) is 6.20. The number of hydrogen-bond donors (Lipinski definition) is 1. The number of nitrogens with one attached hydrogen (secondary N) is 1.